The van der Waals surface area contributed by atoms with Crippen molar-refractivity contribution in [1.82, 2.24) is 5.32 Å². The molecule has 9 heteroatoms. The first-order chi connectivity index (χ1) is 13.4. The Morgan fingerprint density at radius 1 is 1.18 bits per heavy atom. The van der Waals surface area contributed by atoms with Gasteiger partial charge in [-0.3, -0.25) is 9.10 Å². The Hall–Kier alpha value is -1.80. The number of ether oxygens (including phenoxy) is 1. The minimum absolute atomic E-state index is 0.0436. The van der Waals surface area contributed by atoms with E-state index in [9.17, 15) is 13.2 Å². The van der Waals surface area contributed by atoms with Crippen molar-refractivity contribution >= 4 is 44.8 Å². The number of sulfonamides is 1. The van der Waals surface area contributed by atoms with Gasteiger partial charge in [0.15, 0.2) is 0 Å². The van der Waals surface area contributed by atoms with Gasteiger partial charge in [0.25, 0.3) is 10.0 Å². The summed E-state index contributed by atoms with van der Waals surface area (Å²) in [4.78, 5) is 12.6. The molecule has 0 aliphatic carbocycles. The maximum Gasteiger partial charge on any atom is 0.264 e. The zero-order chi connectivity index (χ0) is 20.1. The van der Waals surface area contributed by atoms with E-state index in [4.69, 9.17) is 27.9 Å². The fraction of sp³-hybridized carbons (Fsp3) is 0.316. The van der Waals surface area contributed by atoms with E-state index in [0.29, 0.717) is 18.2 Å². The fourth-order valence-electron chi connectivity index (χ4n) is 2.92. The normalized spacial score (nSPS) is 16.7. The molecule has 1 aliphatic rings. The Balaban J connectivity index is 1.88. The predicted molar refractivity (Wildman–Crippen MR) is 109 cm³/mol. The highest BCUT2D eigenvalue weighted by atomic mass is 35.5. The maximum atomic E-state index is 13.2. The molecule has 2 aromatic rings. The summed E-state index contributed by atoms with van der Waals surface area (Å²) in [6.45, 7) is 0.582. The van der Waals surface area contributed by atoms with Gasteiger partial charge in [-0.15, -0.1) is 0 Å². The highest BCUT2D eigenvalue weighted by Gasteiger charge is 2.29. The third-order valence-corrected chi connectivity index (χ3v) is 6.67. The molecule has 0 bridgehead atoms. The number of benzene rings is 2. The lowest BCUT2D eigenvalue weighted by atomic mass is 10.2. The molecule has 1 aliphatic heterocycles. The molecule has 6 nitrogen and oxygen atoms in total. The molecule has 1 heterocycles. The number of amides is 1. The van der Waals surface area contributed by atoms with Gasteiger partial charge >= 0.3 is 0 Å². The summed E-state index contributed by atoms with van der Waals surface area (Å²) in [7, 11) is -4.03. The lowest BCUT2D eigenvalue weighted by Crippen LogP contribution is -2.43. The Morgan fingerprint density at radius 3 is 2.61 bits per heavy atom. The summed E-state index contributed by atoms with van der Waals surface area (Å²) in [6, 6.07) is 12.3. The summed E-state index contributed by atoms with van der Waals surface area (Å²) in [6.07, 6.45) is 1.78. The molecule has 3 rings (SSSR count). The summed E-state index contributed by atoms with van der Waals surface area (Å²) in [5.74, 6) is -0.453. The summed E-state index contributed by atoms with van der Waals surface area (Å²) < 4.78 is 32.9. The minimum atomic E-state index is -4.03. The first-order valence-electron chi connectivity index (χ1n) is 8.79. The lowest BCUT2D eigenvalue weighted by molar-refractivity contribution is -0.120. The first-order valence-corrected chi connectivity index (χ1v) is 11.0. The van der Waals surface area contributed by atoms with Crippen LogP contribution in [-0.4, -0.2) is 40.1 Å². The van der Waals surface area contributed by atoms with Crippen LogP contribution in [0.5, 0.6) is 0 Å². The first kappa shape index (κ1) is 20.9. The van der Waals surface area contributed by atoms with Gasteiger partial charge in [0.2, 0.25) is 5.91 Å². The van der Waals surface area contributed by atoms with E-state index >= 15 is 0 Å². The minimum Gasteiger partial charge on any atom is -0.376 e. The van der Waals surface area contributed by atoms with Crippen molar-refractivity contribution in [3.8, 4) is 0 Å². The van der Waals surface area contributed by atoms with Gasteiger partial charge in [0, 0.05) is 18.2 Å². The molecule has 0 radical (unpaired) electrons. The number of carbonyl (C=O) groups excluding carboxylic acids is 1. The smallest absolute Gasteiger partial charge is 0.264 e. The molecule has 1 amide bonds. The standard InChI is InChI=1S/C19H20Cl2N2O4S/c20-14-8-9-17(21)18(11-14)23(28(25,26)16-6-2-1-3-7-16)13-19(24)22-12-15-5-4-10-27-15/h1-3,6-9,11,15H,4-5,10,12-13H2,(H,22,24)/t15-/m1/s1. The molecule has 2 aromatic carbocycles. The number of carbonyl (C=O) groups is 1. The molecule has 0 saturated carbocycles. The summed E-state index contributed by atoms with van der Waals surface area (Å²) in [5, 5.41) is 3.23. The van der Waals surface area contributed by atoms with Gasteiger partial charge in [0.1, 0.15) is 6.54 Å². The van der Waals surface area contributed by atoms with E-state index in [2.05, 4.69) is 5.32 Å². The van der Waals surface area contributed by atoms with E-state index in [1.54, 1.807) is 24.3 Å². The van der Waals surface area contributed by atoms with Gasteiger partial charge in [-0.25, -0.2) is 8.42 Å². The monoisotopic (exact) mass is 442 g/mol. The molecular formula is C19H20Cl2N2O4S. The van der Waals surface area contributed by atoms with E-state index in [0.717, 1.165) is 17.1 Å². The third-order valence-electron chi connectivity index (χ3n) is 4.35. The topological polar surface area (TPSA) is 75.7 Å². The zero-order valence-corrected chi connectivity index (χ0v) is 17.3. The number of rotatable bonds is 7. The van der Waals surface area contributed by atoms with Crippen LogP contribution in [0.25, 0.3) is 0 Å². The lowest BCUT2D eigenvalue weighted by Gasteiger charge is -2.25. The quantitative estimate of drug-likeness (QED) is 0.711. The highest BCUT2D eigenvalue weighted by Crippen LogP contribution is 2.32. The SMILES string of the molecule is O=C(CN(c1cc(Cl)ccc1Cl)S(=O)(=O)c1ccccc1)NC[C@H]1CCCO1. The third kappa shape index (κ3) is 4.97. The second kappa shape index (κ2) is 9.13. The summed E-state index contributed by atoms with van der Waals surface area (Å²) in [5.41, 5.74) is 0.144. The van der Waals surface area contributed by atoms with Crippen LogP contribution in [0.3, 0.4) is 0 Å². The van der Waals surface area contributed by atoms with Gasteiger partial charge < -0.3 is 10.1 Å². The van der Waals surface area contributed by atoms with E-state index in [1.807, 2.05) is 0 Å². The molecule has 28 heavy (non-hydrogen) atoms. The molecule has 0 aromatic heterocycles. The van der Waals surface area contributed by atoms with Crippen LogP contribution in [0.2, 0.25) is 10.0 Å². The molecule has 0 spiro atoms. The summed E-state index contributed by atoms with van der Waals surface area (Å²) >= 11 is 12.3. The van der Waals surface area contributed by atoms with Crippen LogP contribution < -0.4 is 9.62 Å². The molecule has 1 atom stereocenters. The largest absolute Gasteiger partial charge is 0.376 e. The number of hydrogen-bond donors (Lipinski definition) is 1. The van der Waals surface area contributed by atoms with Crippen molar-refractivity contribution in [2.24, 2.45) is 0 Å². The Bertz CT molecular complexity index is 932. The maximum absolute atomic E-state index is 13.2. The van der Waals surface area contributed by atoms with Crippen LogP contribution in [0.1, 0.15) is 12.8 Å². The van der Waals surface area contributed by atoms with Gasteiger partial charge in [-0.2, -0.15) is 0 Å². The van der Waals surface area contributed by atoms with Crippen LogP contribution in [0.15, 0.2) is 53.4 Å². The van der Waals surface area contributed by atoms with Crippen molar-refractivity contribution in [2.75, 3.05) is 24.0 Å². The van der Waals surface area contributed by atoms with E-state index in [1.165, 1.54) is 24.3 Å². The average Bonchev–Trinajstić information content (AvgIpc) is 3.21. The highest BCUT2D eigenvalue weighted by molar-refractivity contribution is 7.92. The number of hydrogen-bond acceptors (Lipinski definition) is 4. The van der Waals surface area contributed by atoms with Crippen molar-refractivity contribution in [2.45, 2.75) is 23.8 Å². The van der Waals surface area contributed by atoms with Gasteiger partial charge in [0.05, 0.1) is 21.7 Å². The number of anilines is 1. The van der Waals surface area contributed by atoms with Gasteiger partial charge in [-0.1, -0.05) is 41.4 Å². The van der Waals surface area contributed by atoms with Crippen molar-refractivity contribution in [3.63, 3.8) is 0 Å². The zero-order valence-electron chi connectivity index (χ0n) is 15.0. The van der Waals surface area contributed by atoms with Gasteiger partial charge in [-0.05, 0) is 43.2 Å². The average molecular weight is 443 g/mol. The molecule has 150 valence electrons. The molecule has 1 saturated heterocycles. The predicted octanol–water partition coefficient (Wildman–Crippen LogP) is 3.48. The van der Waals surface area contributed by atoms with Crippen LogP contribution in [-0.2, 0) is 19.6 Å². The number of halogens is 2. The fourth-order valence-corrected chi connectivity index (χ4v) is 4.80. The second-order valence-corrected chi connectivity index (χ2v) is 9.07. The molecule has 1 N–H and O–H groups in total. The molecule has 1 fully saturated rings. The Morgan fingerprint density at radius 2 is 1.93 bits per heavy atom. The van der Waals surface area contributed by atoms with Crippen molar-refractivity contribution in [3.05, 3.63) is 58.6 Å². The number of nitrogens with one attached hydrogen (secondary N) is 1. The van der Waals surface area contributed by atoms with Crippen molar-refractivity contribution in [1.29, 1.82) is 0 Å². The Labute approximate surface area is 174 Å². The second-order valence-electron chi connectivity index (χ2n) is 6.36. The Kier molecular flexibility index (Phi) is 6.82. The van der Waals surface area contributed by atoms with E-state index in [-0.39, 0.29) is 21.7 Å². The van der Waals surface area contributed by atoms with E-state index < -0.39 is 22.5 Å². The van der Waals surface area contributed by atoms with Crippen molar-refractivity contribution < 1.29 is 17.9 Å². The van der Waals surface area contributed by atoms with Crippen LogP contribution >= 0.6 is 23.2 Å². The molecular weight excluding hydrogens is 423 g/mol. The number of nitrogens with zero attached hydrogens (tertiary/aromatic N) is 1. The van der Waals surface area contributed by atoms with Crippen LogP contribution in [0.4, 0.5) is 5.69 Å². The van der Waals surface area contributed by atoms with Crippen LogP contribution in [0, 0.1) is 0 Å². The molecule has 0 unspecified atom stereocenters.